The molecule has 0 amide bonds. The largest absolute Gasteiger partial charge is 0.342 e. The Bertz CT molecular complexity index is 245. The summed E-state index contributed by atoms with van der Waals surface area (Å²) in [6.45, 7) is 0.792. The van der Waals surface area contributed by atoms with E-state index in [0.29, 0.717) is 5.92 Å². The van der Waals surface area contributed by atoms with Gasteiger partial charge in [0.05, 0.1) is 0 Å². The molecule has 0 unspecified atom stereocenters. The van der Waals surface area contributed by atoms with E-state index in [2.05, 4.69) is 5.32 Å². The van der Waals surface area contributed by atoms with Gasteiger partial charge in [-0.25, -0.2) is 0 Å². The molecule has 3 atom stereocenters. The summed E-state index contributed by atoms with van der Waals surface area (Å²) in [5, 5.41) is 2.98. The highest BCUT2D eigenvalue weighted by atomic mass is 79.9. The van der Waals surface area contributed by atoms with Crippen LogP contribution in [0.2, 0.25) is 0 Å². The van der Waals surface area contributed by atoms with Crippen LogP contribution in [0, 0.1) is 11.8 Å². The minimum absolute atomic E-state index is 0. The summed E-state index contributed by atoms with van der Waals surface area (Å²) in [7, 11) is -3.91. The Balaban J connectivity index is 0.000000980. The minimum atomic E-state index is -3.91. The van der Waals surface area contributed by atoms with Gasteiger partial charge in [0.15, 0.2) is 0 Å². The third kappa shape index (κ3) is 2.39. The van der Waals surface area contributed by atoms with Gasteiger partial charge in [0.25, 0.3) is 0 Å². The summed E-state index contributed by atoms with van der Waals surface area (Å²) in [4.78, 5) is 18.2. The number of fused-ring (bicyclic) bond motifs is 1. The molecule has 1 saturated heterocycles. The van der Waals surface area contributed by atoms with Crippen LogP contribution in [0.4, 0.5) is 0 Å². The Kier molecular flexibility index (Phi) is 4.18. The summed E-state index contributed by atoms with van der Waals surface area (Å²) in [5.41, 5.74) is 0. The van der Waals surface area contributed by atoms with Crippen LogP contribution >= 0.6 is 24.6 Å². The number of halogens is 1. The molecule has 0 radical (unpaired) electrons. The maximum Gasteiger partial charge on any atom is 0.342 e. The maximum atomic E-state index is 11.1. The SMILES string of the molecule is Br.O=P(O)(O)[C@@H]1NC[C@@H]2CCCC[C@@H]21. The Labute approximate surface area is 94.4 Å². The molecule has 6 heteroatoms. The third-order valence-corrected chi connectivity index (χ3v) is 4.62. The highest BCUT2D eigenvalue weighted by Crippen LogP contribution is 2.51. The predicted molar refractivity (Wildman–Crippen MR) is 59.6 cm³/mol. The van der Waals surface area contributed by atoms with E-state index >= 15 is 0 Å². The zero-order valence-corrected chi connectivity index (χ0v) is 10.5. The van der Waals surface area contributed by atoms with Crippen molar-refractivity contribution < 1.29 is 14.4 Å². The van der Waals surface area contributed by atoms with Gasteiger partial charge in [-0.15, -0.1) is 17.0 Å². The van der Waals surface area contributed by atoms with E-state index in [4.69, 9.17) is 9.79 Å². The highest BCUT2D eigenvalue weighted by Gasteiger charge is 2.45. The van der Waals surface area contributed by atoms with Crippen molar-refractivity contribution >= 4 is 24.6 Å². The Morgan fingerprint density at radius 1 is 1.21 bits per heavy atom. The van der Waals surface area contributed by atoms with Gasteiger partial charge >= 0.3 is 7.60 Å². The van der Waals surface area contributed by atoms with Crippen molar-refractivity contribution in [3.05, 3.63) is 0 Å². The summed E-state index contributed by atoms with van der Waals surface area (Å²) in [6.07, 6.45) is 4.46. The molecule has 14 heavy (non-hydrogen) atoms. The molecule has 2 aliphatic rings. The standard InChI is InChI=1S/C8H16NO3P.BrH/c10-13(11,12)8-7-4-2-1-3-6(7)5-9-8;/h6-9H,1-5H2,(H2,10,11,12);1H/t6-,7-,8-;/m0./s1. The zero-order chi connectivity index (χ0) is 9.47. The van der Waals surface area contributed by atoms with Crippen molar-refractivity contribution in [2.75, 3.05) is 6.54 Å². The topological polar surface area (TPSA) is 69.6 Å². The van der Waals surface area contributed by atoms with Crippen LogP contribution in [-0.2, 0) is 4.57 Å². The molecular weight excluding hydrogens is 269 g/mol. The van der Waals surface area contributed by atoms with E-state index in [1.165, 1.54) is 6.42 Å². The van der Waals surface area contributed by atoms with Gasteiger partial charge in [0.2, 0.25) is 0 Å². The molecule has 0 bridgehead atoms. The third-order valence-electron chi connectivity index (χ3n) is 3.32. The van der Waals surface area contributed by atoms with E-state index in [0.717, 1.165) is 25.8 Å². The van der Waals surface area contributed by atoms with Crippen LogP contribution in [0.25, 0.3) is 0 Å². The van der Waals surface area contributed by atoms with Gasteiger partial charge in [0.1, 0.15) is 5.78 Å². The Hall–Kier alpha value is 0.590. The fourth-order valence-electron chi connectivity index (χ4n) is 2.70. The molecular formula is C8H17BrNO3P. The first kappa shape index (κ1) is 12.7. The second-order valence-electron chi connectivity index (χ2n) is 4.15. The van der Waals surface area contributed by atoms with Gasteiger partial charge in [-0.1, -0.05) is 12.8 Å². The van der Waals surface area contributed by atoms with E-state index < -0.39 is 13.4 Å². The second-order valence-corrected chi connectivity index (χ2v) is 5.89. The molecule has 1 heterocycles. The van der Waals surface area contributed by atoms with Gasteiger partial charge in [-0.05, 0) is 31.2 Å². The van der Waals surface area contributed by atoms with Gasteiger partial charge in [-0.2, -0.15) is 0 Å². The first-order chi connectivity index (χ1) is 6.09. The smallest absolute Gasteiger partial charge is 0.323 e. The van der Waals surface area contributed by atoms with E-state index in [1.54, 1.807) is 0 Å². The van der Waals surface area contributed by atoms with Crippen LogP contribution < -0.4 is 5.32 Å². The van der Waals surface area contributed by atoms with Crippen LogP contribution in [0.3, 0.4) is 0 Å². The van der Waals surface area contributed by atoms with E-state index in [-0.39, 0.29) is 22.9 Å². The van der Waals surface area contributed by atoms with Crippen LogP contribution in [-0.4, -0.2) is 22.1 Å². The van der Waals surface area contributed by atoms with Crippen molar-refractivity contribution in [1.82, 2.24) is 5.32 Å². The molecule has 1 aliphatic heterocycles. The molecule has 2 fully saturated rings. The van der Waals surface area contributed by atoms with Crippen LogP contribution in [0.15, 0.2) is 0 Å². The van der Waals surface area contributed by atoms with Gasteiger partial charge < -0.3 is 15.1 Å². The maximum absolute atomic E-state index is 11.1. The molecule has 2 rings (SSSR count). The summed E-state index contributed by atoms with van der Waals surface area (Å²) < 4.78 is 11.1. The molecule has 0 aromatic rings. The van der Waals surface area contributed by atoms with Crippen molar-refractivity contribution in [3.63, 3.8) is 0 Å². The lowest BCUT2D eigenvalue weighted by atomic mass is 9.82. The highest BCUT2D eigenvalue weighted by molar-refractivity contribution is 8.93. The fraction of sp³-hybridized carbons (Fsp3) is 1.00. The predicted octanol–water partition coefficient (Wildman–Crippen LogP) is 1.48. The number of rotatable bonds is 1. The summed E-state index contributed by atoms with van der Waals surface area (Å²) in [6, 6.07) is 0. The van der Waals surface area contributed by atoms with Crippen LogP contribution in [0.1, 0.15) is 25.7 Å². The second kappa shape index (κ2) is 4.62. The lowest BCUT2D eigenvalue weighted by Gasteiger charge is -2.28. The van der Waals surface area contributed by atoms with Crippen molar-refractivity contribution in [2.24, 2.45) is 11.8 Å². The minimum Gasteiger partial charge on any atom is -0.323 e. The molecule has 1 aliphatic carbocycles. The number of hydrogen-bond acceptors (Lipinski definition) is 2. The Morgan fingerprint density at radius 2 is 1.86 bits per heavy atom. The Morgan fingerprint density at radius 3 is 2.50 bits per heavy atom. The normalized spacial score (nSPS) is 37.4. The van der Waals surface area contributed by atoms with Crippen molar-refractivity contribution in [3.8, 4) is 0 Å². The van der Waals surface area contributed by atoms with Crippen molar-refractivity contribution in [2.45, 2.75) is 31.5 Å². The van der Waals surface area contributed by atoms with E-state index in [9.17, 15) is 4.57 Å². The molecule has 1 saturated carbocycles. The van der Waals surface area contributed by atoms with E-state index in [1.807, 2.05) is 0 Å². The monoisotopic (exact) mass is 285 g/mol. The lowest BCUT2D eigenvalue weighted by Crippen LogP contribution is -2.28. The number of hydrogen-bond donors (Lipinski definition) is 3. The average molecular weight is 286 g/mol. The first-order valence-corrected chi connectivity index (χ1v) is 6.56. The fourth-order valence-corrected chi connectivity index (χ4v) is 3.93. The number of nitrogens with one attached hydrogen (secondary N) is 1. The molecule has 0 spiro atoms. The molecule has 0 aromatic heterocycles. The molecule has 0 aromatic carbocycles. The molecule has 84 valence electrons. The molecule has 4 nitrogen and oxygen atoms in total. The average Bonchev–Trinajstić information content (AvgIpc) is 2.45. The first-order valence-electron chi connectivity index (χ1n) is 4.87. The van der Waals surface area contributed by atoms with Crippen LogP contribution in [0.5, 0.6) is 0 Å². The van der Waals surface area contributed by atoms with Crippen molar-refractivity contribution in [1.29, 1.82) is 0 Å². The summed E-state index contributed by atoms with van der Waals surface area (Å²) >= 11 is 0. The van der Waals surface area contributed by atoms with Gasteiger partial charge in [-0.3, -0.25) is 4.57 Å². The zero-order valence-electron chi connectivity index (χ0n) is 7.93. The quantitative estimate of drug-likeness (QED) is 0.639. The lowest BCUT2D eigenvalue weighted by molar-refractivity contribution is 0.265. The molecule has 3 N–H and O–H groups in total. The summed E-state index contributed by atoms with van der Waals surface area (Å²) in [5.74, 6) is 0.166. The van der Waals surface area contributed by atoms with Gasteiger partial charge in [0, 0.05) is 0 Å².